The van der Waals surface area contributed by atoms with Crippen molar-refractivity contribution in [1.82, 2.24) is 25.1 Å². The van der Waals surface area contributed by atoms with Crippen LogP contribution < -0.4 is 5.32 Å². The summed E-state index contributed by atoms with van der Waals surface area (Å²) in [5.74, 6) is 0.740. The van der Waals surface area contributed by atoms with Gasteiger partial charge in [-0.3, -0.25) is 14.8 Å². The molecule has 3 atom stereocenters. The Hall–Kier alpha value is -3.39. The third-order valence-corrected chi connectivity index (χ3v) is 5.48. The van der Waals surface area contributed by atoms with Gasteiger partial charge in [0, 0.05) is 43.4 Å². The zero-order valence-corrected chi connectivity index (χ0v) is 19.4. The van der Waals surface area contributed by atoms with Crippen LogP contribution in [0.5, 0.6) is 0 Å². The number of aliphatic hydroxyl groups is 1. The van der Waals surface area contributed by atoms with E-state index in [-0.39, 0.29) is 30.3 Å². The molecular formula is C25H32N6O2. The number of hydrogen-bond acceptors (Lipinski definition) is 6. The third-order valence-electron chi connectivity index (χ3n) is 5.48. The van der Waals surface area contributed by atoms with Crippen molar-refractivity contribution in [2.24, 2.45) is 10.9 Å². The van der Waals surface area contributed by atoms with Gasteiger partial charge in [-0.15, -0.1) is 10.2 Å². The number of aliphatic imine (C=N–C) groups is 1. The summed E-state index contributed by atoms with van der Waals surface area (Å²) >= 11 is 0. The monoisotopic (exact) mass is 448 g/mol. The van der Waals surface area contributed by atoms with Crippen LogP contribution in [0.2, 0.25) is 0 Å². The minimum atomic E-state index is -0.262. The molecule has 0 aliphatic heterocycles. The van der Waals surface area contributed by atoms with Gasteiger partial charge in [0.1, 0.15) is 17.8 Å². The number of carbonyl (C=O) groups excluding carboxylic acids is 1. The molecule has 174 valence electrons. The second-order valence-electron chi connectivity index (χ2n) is 8.18. The molecule has 0 saturated heterocycles. The van der Waals surface area contributed by atoms with Gasteiger partial charge >= 0.3 is 0 Å². The molecule has 2 aromatic rings. The molecule has 1 aliphatic rings. The SMILES string of the molecule is CC=NCC(/C=C\C)c1ccnc(C(=O)NC2=CC(c3nncn3CC(C)CO)CC=C2)c1. The highest BCUT2D eigenvalue weighted by molar-refractivity contribution is 5.94. The van der Waals surface area contributed by atoms with E-state index in [4.69, 9.17) is 0 Å². The number of nitrogens with one attached hydrogen (secondary N) is 1. The largest absolute Gasteiger partial charge is 0.396 e. The summed E-state index contributed by atoms with van der Waals surface area (Å²) in [6.07, 6.45) is 15.9. The second kappa shape index (κ2) is 12.0. The fraction of sp³-hybridized carbons (Fsp3) is 0.400. The summed E-state index contributed by atoms with van der Waals surface area (Å²) in [5, 5.41) is 20.7. The molecule has 0 bridgehead atoms. The number of aliphatic hydroxyl groups excluding tert-OH is 1. The summed E-state index contributed by atoms with van der Waals surface area (Å²) in [4.78, 5) is 21.6. The summed E-state index contributed by atoms with van der Waals surface area (Å²) in [6.45, 7) is 7.21. The van der Waals surface area contributed by atoms with Crippen LogP contribution in [0.15, 0.2) is 65.7 Å². The number of hydrogen-bond donors (Lipinski definition) is 2. The van der Waals surface area contributed by atoms with E-state index in [1.807, 2.05) is 61.8 Å². The van der Waals surface area contributed by atoms with Crippen molar-refractivity contribution < 1.29 is 9.90 Å². The zero-order valence-electron chi connectivity index (χ0n) is 19.4. The lowest BCUT2D eigenvalue weighted by molar-refractivity contribution is 0.0962. The van der Waals surface area contributed by atoms with Gasteiger partial charge < -0.3 is 15.0 Å². The topological polar surface area (TPSA) is 105 Å². The molecule has 0 saturated carbocycles. The van der Waals surface area contributed by atoms with Crippen LogP contribution in [-0.2, 0) is 6.54 Å². The van der Waals surface area contributed by atoms with Crippen molar-refractivity contribution >= 4 is 12.1 Å². The lowest BCUT2D eigenvalue weighted by Gasteiger charge is -2.19. The fourth-order valence-corrected chi connectivity index (χ4v) is 3.76. The van der Waals surface area contributed by atoms with Gasteiger partial charge in [0.15, 0.2) is 0 Å². The van der Waals surface area contributed by atoms with Crippen molar-refractivity contribution in [3.8, 4) is 0 Å². The summed E-state index contributed by atoms with van der Waals surface area (Å²) < 4.78 is 1.96. The van der Waals surface area contributed by atoms with Crippen molar-refractivity contribution in [1.29, 1.82) is 0 Å². The van der Waals surface area contributed by atoms with Gasteiger partial charge in [0.05, 0.1) is 0 Å². The first-order chi connectivity index (χ1) is 16.0. The van der Waals surface area contributed by atoms with E-state index in [2.05, 4.69) is 31.6 Å². The minimum absolute atomic E-state index is 0.0102. The number of allylic oxidation sites excluding steroid dienone is 4. The van der Waals surface area contributed by atoms with E-state index in [1.54, 1.807) is 18.7 Å². The Morgan fingerprint density at radius 1 is 1.42 bits per heavy atom. The predicted octanol–water partition coefficient (Wildman–Crippen LogP) is 3.41. The van der Waals surface area contributed by atoms with Gasteiger partial charge in [-0.25, -0.2) is 0 Å². The Morgan fingerprint density at radius 2 is 2.27 bits per heavy atom. The number of rotatable bonds is 10. The van der Waals surface area contributed by atoms with Gasteiger partial charge in [-0.1, -0.05) is 25.2 Å². The molecule has 3 unspecified atom stereocenters. The first-order valence-electron chi connectivity index (χ1n) is 11.3. The van der Waals surface area contributed by atoms with Crippen molar-refractivity contribution in [3.63, 3.8) is 0 Å². The molecule has 0 radical (unpaired) electrons. The van der Waals surface area contributed by atoms with Crippen molar-refractivity contribution in [3.05, 3.63) is 77.8 Å². The van der Waals surface area contributed by atoms with Gasteiger partial charge in [0.25, 0.3) is 5.91 Å². The lowest BCUT2D eigenvalue weighted by atomic mass is 9.97. The molecule has 2 aromatic heterocycles. The predicted molar refractivity (Wildman–Crippen MR) is 129 cm³/mol. The van der Waals surface area contributed by atoms with E-state index < -0.39 is 0 Å². The minimum Gasteiger partial charge on any atom is -0.396 e. The van der Waals surface area contributed by atoms with E-state index >= 15 is 0 Å². The third kappa shape index (κ3) is 6.55. The highest BCUT2D eigenvalue weighted by Crippen LogP contribution is 2.26. The highest BCUT2D eigenvalue weighted by atomic mass is 16.3. The van der Waals surface area contributed by atoms with Crippen LogP contribution in [0.1, 0.15) is 60.9 Å². The van der Waals surface area contributed by atoms with E-state index in [9.17, 15) is 9.90 Å². The molecule has 8 nitrogen and oxygen atoms in total. The van der Waals surface area contributed by atoms with Crippen LogP contribution in [0.4, 0.5) is 0 Å². The summed E-state index contributed by atoms with van der Waals surface area (Å²) in [5.41, 5.74) is 2.06. The Morgan fingerprint density at radius 3 is 3.03 bits per heavy atom. The van der Waals surface area contributed by atoms with Gasteiger partial charge in [-0.05, 0) is 62.2 Å². The quantitative estimate of drug-likeness (QED) is 0.428. The molecule has 0 spiro atoms. The summed E-state index contributed by atoms with van der Waals surface area (Å²) in [6, 6.07) is 3.74. The molecule has 1 aliphatic carbocycles. The average Bonchev–Trinajstić information content (AvgIpc) is 3.30. The molecule has 8 heteroatoms. The maximum atomic E-state index is 12.9. The van der Waals surface area contributed by atoms with Crippen LogP contribution in [-0.4, -0.2) is 50.1 Å². The van der Waals surface area contributed by atoms with E-state index in [0.717, 1.165) is 17.8 Å². The zero-order chi connectivity index (χ0) is 23.6. The number of carbonyl (C=O) groups is 1. The van der Waals surface area contributed by atoms with Crippen molar-refractivity contribution in [2.75, 3.05) is 13.2 Å². The Balaban J connectivity index is 1.75. The first kappa shape index (κ1) is 24.3. The highest BCUT2D eigenvalue weighted by Gasteiger charge is 2.20. The maximum Gasteiger partial charge on any atom is 0.274 e. The molecule has 33 heavy (non-hydrogen) atoms. The molecule has 2 heterocycles. The van der Waals surface area contributed by atoms with Gasteiger partial charge in [0.2, 0.25) is 0 Å². The number of aromatic nitrogens is 4. The Kier molecular flexibility index (Phi) is 8.83. The fourth-order valence-electron chi connectivity index (χ4n) is 3.76. The van der Waals surface area contributed by atoms with E-state index in [1.165, 1.54) is 0 Å². The molecule has 1 amide bonds. The smallest absolute Gasteiger partial charge is 0.274 e. The standard InChI is InChI=1S/C25H32N6O2/c1-4-7-21(14-26-5-2)19-10-11-27-23(13-19)25(33)29-22-9-6-8-20(12-22)24-30-28-17-31(24)15-18(3)16-32/h4-7,9-13,17-18,20-21,32H,8,14-16H2,1-3H3,(H,29,33)/b7-4-,26-5?. The number of nitrogens with zero attached hydrogens (tertiary/aromatic N) is 5. The molecule has 0 aromatic carbocycles. The lowest BCUT2D eigenvalue weighted by Crippen LogP contribution is -2.25. The first-order valence-corrected chi connectivity index (χ1v) is 11.3. The number of pyridine rings is 1. The maximum absolute atomic E-state index is 12.9. The van der Waals surface area contributed by atoms with Crippen LogP contribution in [0.25, 0.3) is 0 Å². The normalized spacial score (nSPS) is 17.9. The van der Waals surface area contributed by atoms with E-state index in [0.29, 0.717) is 24.5 Å². The molecular weight excluding hydrogens is 416 g/mol. The number of amides is 1. The van der Waals surface area contributed by atoms with Crippen molar-refractivity contribution in [2.45, 2.75) is 45.6 Å². The molecule has 3 rings (SSSR count). The summed E-state index contributed by atoms with van der Waals surface area (Å²) in [7, 11) is 0. The average molecular weight is 449 g/mol. The molecule has 2 N–H and O–H groups in total. The van der Waals surface area contributed by atoms with Crippen LogP contribution >= 0.6 is 0 Å². The second-order valence-corrected chi connectivity index (χ2v) is 8.18. The Bertz CT molecular complexity index is 1050. The van der Waals surface area contributed by atoms with Crippen LogP contribution in [0, 0.1) is 5.92 Å². The Labute approximate surface area is 194 Å². The van der Waals surface area contributed by atoms with Gasteiger partial charge in [-0.2, -0.15) is 0 Å². The van der Waals surface area contributed by atoms with Crippen LogP contribution in [0.3, 0.4) is 0 Å². The molecule has 0 fully saturated rings.